The Balaban J connectivity index is 0.0000125. The third-order valence-electron chi connectivity index (χ3n) is 8.18. The summed E-state index contributed by atoms with van der Waals surface area (Å²) in [6.07, 6.45) is 4.52. The number of halogens is 1. The lowest BCUT2D eigenvalue weighted by molar-refractivity contribution is -0.143. The second kappa shape index (κ2) is 22.8. The number of imide groups is 1. The number of phenolic OH excluding ortho intramolecular Hbond substituents is 1. The molecule has 0 saturated carbocycles. The number of hydrogen-bond acceptors (Lipinski definition) is 10. The highest BCUT2D eigenvalue weighted by Crippen LogP contribution is 2.22. The molecule has 15 heteroatoms. The van der Waals surface area contributed by atoms with E-state index in [0.29, 0.717) is 25.7 Å². The first-order valence-corrected chi connectivity index (χ1v) is 18.1. The molecule has 0 heterocycles. The van der Waals surface area contributed by atoms with E-state index in [1.54, 1.807) is 36.4 Å². The Kier molecular flexibility index (Phi) is 20.1. The Morgan fingerprint density at radius 1 is 0.900 bits per heavy atom. The minimum absolute atomic E-state index is 0. The normalized spacial score (nSPS) is 13.2. The van der Waals surface area contributed by atoms with E-state index < -0.39 is 59.1 Å². The van der Waals surface area contributed by atoms with E-state index in [1.807, 2.05) is 19.9 Å². The number of hydrogen-bond donors (Lipinski definition) is 5. The molecule has 2 aromatic rings. The van der Waals surface area contributed by atoms with Crippen LogP contribution in [0.3, 0.4) is 0 Å². The third-order valence-corrected chi connectivity index (χ3v) is 8.99. The quantitative estimate of drug-likeness (QED) is 0.0981. The largest absolute Gasteiger partial charge is 0.508 e. The molecule has 0 aliphatic heterocycles. The van der Waals surface area contributed by atoms with E-state index >= 15 is 0 Å². The van der Waals surface area contributed by atoms with Gasteiger partial charge in [-0.2, -0.15) is 0 Å². The van der Waals surface area contributed by atoms with Crippen molar-refractivity contribution in [2.45, 2.75) is 83.3 Å². The number of rotatable bonds is 20. The van der Waals surface area contributed by atoms with Crippen molar-refractivity contribution in [1.29, 1.82) is 0 Å². The lowest BCUT2D eigenvalue weighted by atomic mass is 9.96. The minimum atomic E-state index is -1.18. The molecule has 0 aliphatic carbocycles. The van der Waals surface area contributed by atoms with Crippen molar-refractivity contribution in [3.8, 4) is 5.75 Å². The van der Waals surface area contributed by atoms with E-state index in [0.717, 1.165) is 22.3 Å². The van der Waals surface area contributed by atoms with Gasteiger partial charge in [-0.05, 0) is 73.9 Å². The number of ether oxygens (including phenoxy) is 1. The summed E-state index contributed by atoms with van der Waals surface area (Å²) in [5.74, 6) is -2.62. The summed E-state index contributed by atoms with van der Waals surface area (Å²) in [6, 6.07) is 8.98. The first-order valence-electron chi connectivity index (χ1n) is 16.4. The number of amides is 4. The van der Waals surface area contributed by atoms with Gasteiger partial charge in [-0.1, -0.05) is 43.2 Å². The van der Waals surface area contributed by atoms with Crippen LogP contribution >= 0.6 is 12.4 Å². The lowest BCUT2D eigenvalue weighted by Gasteiger charge is -2.31. The maximum atomic E-state index is 13.8. The van der Waals surface area contributed by atoms with Gasteiger partial charge in [0.2, 0.25) is 23.6 Å². The highest BCUT2D eigenvalue weighted by atomic mass is 35.5. The zero-order valence-electron chi connectivity index (χ0n) is 29.3. The summed E-state index contributed by atoms with van der Waals surface area (Å²) in [6.45, 7) is 3.30. The van der Waals surface area contributed by atoms with Gasteiger partial charge in [-0.3, -0.25) is 33.5 Å². The Morgan fingerprint density at radius 3 is 2.12 bits per heavy atom. The van der Waals surface area contributed by atoms with Crippen LogP contribution in [-0.4, -0.2) is 94.1 Å². The maximum Gasteiger partial charge on any atom is 0.305 e. The van der Waals surface area contributed by atoms with Crippen molar-refractivity contribution in [2.75, 3.05) is 32.2 Å². The number of aryl methyl sites for hydroxylation is 2. The molecule has 0 fully saturated rings. The molecular weight excluding hydrogens is 686 g/mol. The molecule has 278 valence electrons. The Hall–Kier alpha value is -3.85. The highest BCUT2D eigenvalue weighted by molar-refractivity contribution is 7.84. The number of nitrogens with two attached hydrogens (primary N) is 2. The van der Waals surface area contributed by atoms with Gasteiger partial charge in [0.05, 0.1) is 25.7 Å². The van der Waals surface area contributed by atoms with Crippen LogP contribution < -0.4 is 22.1 Å². The molecule has 0 aromatic heterocycles. The first-order chi connectivity index (χ1) is 23.2. The second-order valence-corrected chi connectivity index (χ2v) is 13.7. The smallest absolute Gasteiger partial charge is 0.305 e. The Labute approximate surface area is 303 Å². The number of unbranched alkanes of at least 4 members (excludes halogenated alkanes) is 3. The average Bonchev–Trinajstić information content (AvgIpc) is 3.06. The topological polar surface area (TPSA) is 211 Å². The van der Waals surface area contributed by atoms with E-state index in [2.05, 4.69) is 15.4 Å². The fourth-order valence-corrected chi connectivity index (χ4v) is 5.95. The number of phenols is 1. The number of carbonyl (C=O) groups excluding carboxylic acids is 5. The van der Waals surface area contributed by atoms with Crippen molar-refractivity contribution in [1.82, 2.24) is 15.5 Å². The van der Waals surface area contributed by atoms with Crippen LogP contribution in [0.4, 0.5) is 0 Å². The van der Waals surface area contributed by atoms with Gasteiger partial charge < -0.3 is 31.5 Å². The number of esters is 1. The molecule has 0 bridgehead atoms. The van der Waals surface area contributed by atoms with Crippen molar-refractivity contribution < 1.29 is 38.0 Å². The molecule has 50 heavy (non-hydrogen) atoms. The molecule has 0 saturated heterocycles. The van der Waals surface area contributed by atoms with Gasteiger partial charge in [0, 0.05) is 42.2 Å². The summed E-state index contributed by atoms with van der Waals surface area (Å²) in [7, 11) is 0.150. The molecule has 0 aliphatic rings. The van der Waals surface area contributed by atoms with Crippen LogP contribution in [0, 0.1) is 13.8 Å². The number of carbonyl (C=O) groups is 5. The predicted molar refractivity (Wildman–Crippen MR) is 195 cm³/mol. The maximum absolute atomic E-state index is 13.8. The van der Waals surface area contributed by atoms with Gasteiger partial charge in [-0.15, -0.1) is 12.4 Å². The average molecular weight is 738 g/mol. The van der Waals surface area contributed by atoms with Crippen LogP contribution in [0.1, 0.15) is 60.8 Å². The molecule has 0 spiro atoms. The number of nitrogens with one attached hydrogen (secondary N) is 2. The monoisotopic (exact) mass is 737 g/mol. The molecular formula is C35H52ClN5O8S. The molecule has 0 radical (unpaired) electrons. The van der Waals surface area contributed by atoms with Gasteiger partial charge in [-0.25, -0.2) is 0 Å². The fourth-order valence-electron chi connectivity index (χ4n) is 5.37. The number of aromatic hydroxyl groups is 1. The standard InChI is InChI=1S/C35H51N5O8S.ClH/c1-23-18-26(41)19-24(2)27(23)21-29(37)33(44)38-22-31(42)40(16-11-6-5-10-14-32(43)48-3)30(20-25-12-8-7-9-13-25)35(46)39-34(45)28(36)15-17-49(4)47;/h7-9,12-13,18-19,28-30,41H,5-6,10-11,14-17,20-22,36-37H2,1-4H3,(H,38,44)(H,39,45,46);1H/t28?,29-,30+,49?;/m1./s1. The summed E-state index contributed by atoms with van der Waals surface area (Å²) in [5, 5.41) is 14.8. The van der Waals surface area contributed by atoms with Gasteiger partial charge >= 0.3 is 5.97 Å². The third kappa shape index (κ3) is 15.4. The lowest BCUT2D eigenvalue weighted by Crippen LogP contribution is -2.56. The van der Waals surface area contributed by atoms with Gasteiger partial charge in [0.15, 0.2) is 0 Å². The number of benzene rings is 2. The van der Waals surface area contributed by atoms with Gasteiger partial charge in [0.1, 0.15) is 11.8 Å². The Morgan fingerprint density at radius 2 is 1.52 bits per heavy atom. The van der Waals surface area contributed by atoms with E-state index in [4.69, 9.17) is 11.5 Å². The van der Waals surface area contributed by atoms with Gasteiger partial charge in [0.25, 0.3) is 0 Å². The zero-order valence-corrected chi connectivity index (χ0v) is 30.9. The fraction of sp³-hybridized carbons (Fsp3) is 0.514. The van der Waals surface area contributed by atoms with Crippen LogP contribution in [-0.2, 0) is 52.4 Å². The van der Waals surface area contributed by atoms with Crippen LogP contribution in [0.15, 0.2) is 42.5 Å². The van der Waals surface area contributed by atoms with E-state index in [-0.39, 0.29) is 62.1 Å². The molecule has 13 nitrogen and oxygen atoms in total. The summed E-state index contributed by atoms with van der Waals surface area (Å²) in [4.78, 5) is 66.3. The van der Waals surface area contributed by atoms with E-state index in [1.165, 1.54) is 18.3 Å². The summed E-state index contributed by atoms with van der Waals surface area (Å²) >= 11 is 0. The number of nitrogens with zero attached hydrogens (tertiary/aromatic N) is 1. The molecule has 2 unspecified atom stereocenters. The van der Waals surface area contributed by atoms with Crippen molar-refractivity contribution >= 4 is 52.8 Å². The molecule has 2 rings (SSSR count). The highest BCUT2D eigenvalue weighted by Gasteiger charge is 2.32. The van der Waals surface area contributed by atoms with Crippen molar-refractivity contribution in [3.63, 3.8) is 0 Å². The first kappa shape index (κ1) is 44.2. The number of methoxy groups -OCH3 is 1. The molecule has 2 aromatic carbocycles. The van der Waals surface area contributed by atoms with Crippen LogP contribution in [0.2, 0.25) is 0 Å². The Bertz CT molecular complexity index is 1440. The SMILES string of the molecule is COC(=O)CCCCCCN(C(=O)CNC(=O)[C@H](N)Cc1c(C)cc(O)cc1C)[C@@H](Cc1ccccc1)C(=O)NC(=O)C(N)CCS(C)=O.Cl. The van der Waals surface area contributed by atoms with Crippen LogP contribution in [0.25, 0.3) is 0 Å². The molecule has 7 N–H and O–H groups in total. The van der Waals surface area contributed by atoms with Crippen molar-refractivity contribution in [3.05, 3.63) is 64.7 Å². The molecule has 4 amide bonds. The zero-order chi connectivity index (χ0) is 36.5. The second-order valence-electron chi connectivity index (χ2n) is 12.1. The van der Waals surface area contributed by atoms with Crippen LogP contribution in [0.5, 0.6) is 5.75 Å². The summed E-state index contributed by atoms with van der Waals surface area (Å²) in [5.41, 5.74) is 15.3. The van der Waals surface area contributed by atoms with E-state index in [9.17, 15) is 33.3 Å². The molecule has 4 atom stereocenters. The minimum Gasteiger partial charge on any atom is -0.508 e. The predicted octanol–water partition coefficient (Wildman–Crippen LogP) is 1.72. The summed E-state index contributed by atoms with van der Waals surface area (Å²) < 4.78 is 16.2. The van der Waals surface area contributed by atoms with Crippen molar-refractivity contribution in [2.24, 2.45) is 11.5 Å².